The number of carbonyl (C=O) groups excluding carboxylic acids is 1. The highest BCUT2D eigenvalue weighted by Crippen LogP contribution is 2.02. The van der Waals surface area contributed by atoms with Gasteiger partial charge in [-0.3, -0.25) is 9.69 Å². The molecule has 80 valence electrons. The molecule has 0 spiro atoms. The Balaban J connectivity index is 2.27. The lowest BCUT2D eigenvalue weighted by Gasteiger charge is -2.34. The molecule has 4 nitrogen and oxygen atoms in total. The fourth-order valence-electron chi connectivity index (χ4n) is 1.64. The van der Waals surface area contributed by atoms with Gasteiger partial charge < -0.3 is 10.6 Å². The van der Waals surface area contributed by atoms with E-state index in [1.54, 1.807) is 0 Å². The van der Waals surface area contributed by atoms with Crippen LogP contribution in [-0.4, -0.2) is 55.0 Å². The second kappa shape index (κ2) is 5.78. The molecule has 1 aliphatic rings. The normalized spacial score (nSPS) is 18.2. The van der Waals surface area contributed by atoms with Crippen LogP contribution in [0.25, 0.3) is 0 Å². The van der Waals surface area contributed by atoms with Crippen LogP contribution in [0.1, 0.15) is 6.42 Å². The second-order valence-electron chi connectivity index (χ2n) is 3.51. The molecular formula is C10H19N3O. The number of rotatable bonds is 4. The highest BCUT2D eigenvalue weighted by Gasteiger charge is 2.19. The Bertz CT molecular complexity index is 198. The van der Waals surface area contributed by atoms with Gasteiger partial charge in [0.1, 0.15) is 0 Å². The standard InChI is InChI=1S/C10H19N3O/c1-2-5-12-6-8-13(9-7-12)10(14)3-4-11/h2H,1,3-9,11H2. The lowest BCUT2D eigenvalue weighted by Crippen LogP contribution is -2.48. The third kappa shape index (κ3) is 3.12. The van der Waals surface area contributed by atoms with Crippen molar-refractivity contribution >= 4 is 5.91 Å². The lowest BCUT2D eigenvalue weighted by atomic mass is 10.2. The van der Waals surface area contributed by atoms with Gasteiger partial charge in [0.2, 0.25) is 5.91 Å². The van der Waals surface area contributed by atoms with Gasteiger partial charge in [0.25, 0.3) is 0 Å². The summed E-state index contributed by atoms with van der Waals surface area (Å²) in [6.07, 6.45) is 2.37. The minimum absolute atomic E-state index is 0.186. The SMILES string of the molecule is C=CCN1CCN(C(=O)CCN)CC1. The van der Waals surface area contributed by atoms with Crippen molar-refractivity contribution in [3.63, 3.8) is 0 Å². The van der Waals surface area contributed by atoms with Gasteiger partial charge in [-0.25, -0.2) is 0 Å². The molecule has 0 unspecified atom stereocenters. The van der Waals surface area contributed by atoms with Crippen molar-refractivity contribution in [1.82, 2.24) is 9.80 Å². The monoisotopic (exact) mass is 197 g/mol. The molecule has 14 heavy (non-hydrogen) atoms. The zero-order valence-corrected chi connectivity index (χ0v) is 8.61. The molecule has 1 fully saturated rings. The van der Waals surface area contributed by atoms with Crippen molar-refractivity contribution in [3.8, 4) is 0 Å². The molecule has 1 amide bonds. The van der Waals surface area contributed by atoms with E-state index in [0.717, 1.165) is 32.7 Å². The van der Waals surface area contributed by atoms with Crippen LogP contribution in [0.2, 0.25) is 0 Å². The topological polar surface area (TPSA) is 49.6 Å². The third-order valence-corrected chi connectivity index (χ3v) is 2.47. The van der Waals surface area contributed by atoms with Crippen molar-refractivity contribution in [3.05, 3.63) is 12.7 Å². The van der Waals surface area contributed by atoms with Crippen LogP contribution < -0.4 is 5.73 Å². The van der Waals surface area contributed by atoms with Crippen LogP contribution in [0.5, 0.6) is 0 Å². The number of carbonyl (C=O) groups is 1. The van der Waals surface area contributed by atoms with Crippen LogP contribution in [-0.2, 0) is 4.79 Å². The summed E-state index contributed by atoms with van der Waals surface area (Å²) in [5.41, 5.74) is 5.34. The quantitative estimate of drug-likeness (QED) is 0.628. The molecule has 4 heteroatoms. The van der Waals surface area contributed by atoms with Crippen molar-refractivity contribution in [2.24, 2.45) is 5.73 Å². The number of piperazine rings is 1. The van der Waals surface area contributed by atoms with E-state index in [1.807, 2.05) is 11.0 Å². The van der Waals surface area contributed by atoms with Crippen molar-refractivity contribution in [2.45, 2.75) is 6.42 Å². The van der Waals surface area contributed by atoms with Crippen molar-refractivity contribution in [1.29, 1.82) is 0 Å². The molecule has 0 aromatic rings. The first-order chi connectivity index (χ1) is 6.77. The summed E-state index contributed by atoms with van der Waals surface area (Å²) in [4.78, 5) is 15.7. The summed E-state index contributed by atoms with van der Waals surface area (Å²) in [5, 5.41) is 0. The number of hydrogen-bond acceptors (Lipinski definition) is 3. The Labute approximate surface area is 85.3 Å². The Morgan fingerprint density at radius 3 is 2.50 bits per heavy atom. The van der Waals surface area contributed by atoms with Gasteiger partial charge in [0.15, 0.2) is 0 Å². The molecule has 1 saturated heterocycles. The molecule has 1 rings (SSSR count). The second-order valence-corrected chi connectivity index (χ2v) is 3.51. The maximum Gasteiger partial charge on any atom is 0.223 e. The van der Waals surface area contributed by atoms with Gasteiger partial charge in [-0.15, -0.1) is 6.58 Å². The number of nitrogens with zero attached hydrogens (tertiary/aromatic N) is 2. The third-order valence-electron chi connectivity index (χ3n) is 2.47. The molecular weight excluding hydrogens is 178 g/mol. The molecule has 1 aliphatic heterocycles. The van der Waals surface area contributed by atoms with E-state index in [1.165, 1.54) is 0 Å². The van der Waals surface area contributed by atoms with E-state index < -0.39 is 0 Å². The minimum Gasteiger partial charge on any atom is -0.340 e. The van der Waals surface area contributed by atoms with E-state index in [9.17, 15) is 4.79 Å². The van der Waals surface area contributed by atoms with Crippen LogP contribution >= 0.6 is 0 Å². The van der Waals surface area contributed by atoms with E-state index in [-0.39, 0.29) is 5.91 Å². The molecule has 0 bridgehead atoms. The summed E-state index contributed by atoms with van der Waals surface area (Å²) in [6.45, 7) is 8.61. The number of nitrogens with two attached hydrogens (primary N) is 1. The van der Waals surface area contributed by atoms with E-state index in [0.29, 0.717) is 13.0 Å². The molecule has 0 radical (unpaired) electrons. The predicted molar refractivity (Wildman–Crippen MR) is 56.9 cm³/mol. The van der Waals surface area contributed by atoms with Crippen molar-refractivity contribution < 1.29 is 4.79 Å². The van der Waals surface area contributed by atoms with Crippen LogP contribution in [0.3, 0.4) is 0 Å². The van der Waals surface area contributed by atoms with Gasteiger partial charge in [-0.05, 0) is 0 Å². The van der Waals surface area contributed by atoms with E-state index >= 15 is 0 Å². The first-order valence-electron chi connectivity index (χ1n) is 5.09. The fourth-order valence-corrected chi connectivity index (χ4v) is 1.64. The average molecular weight is 197 g/mol. The van der Waals surface area contributed by atoms with Gasteiger partial charge in [-0.2, -0.15) is 0 Å². The molecule has 0 aliphatic carbocycles. The fraction of sp³-hybridized carbons (Fsp3) is 0.700. The summed E-state index contributed by atoms with van der Waals surface area (Å²) in [7, 11) is 0. The van der Waals surface area contributed by atoms with E-state index in [4.69, 9.17) is 5.73 Å². The zero-order valence-electron chi connectivity index (χ0n) is 8.61. The zero-order chi connectivity index (χ0) is 10.4. The highest BCUT2D eigenvalue weighted by molar-refractivity contribution is 5.76. The van der Waals surface area contributed by atoms with Crippen LogP contribution in [0, 0.1) is 0 Å². The highest BCUT2D eigenvalue weighted by atomic mass is 16.2. The molecule has 1 heterocycles. The first kappa shape index (κ1) is 11.2. The summed E-state index contributed by atoms with van der Waals surface area (Å²) < 4.78 is 0. The lowest BCUT2D eigenvalue weighted by molar-refractivity contribution is -0.132. The van der Waals surface area contributed by atoms with Crippen LogP contribution in [0.4, 0.5) is 0 Å². The van der Waals surface area contributed by atoms with E-state index in [2.05, 4.69) is 11.5 Å². The maximum absolute atomic E-state index is 11.5. The molecule has 0 aromatic heterocycles. The predicted octanol–water partition coefficient (Wildman–Crippen LogP) is -0.335. The average Bonchev–Trinajstić information content (AvgIpc) is 2.20. The minimum atomic E-state index is 0.186. The largest absolute Gasteiger partial charge is 0.340 e. The summed E-state index contributed by atoms with van der Waals surface area (Å²) in [5.74, 6) is 0.186. The molecule has 0 atom stereocenters. The first-order valence-corrected chi connectivity index (χ1v) is 5.09. The van der Waals surface area contributed by atoms with Gasteiger partial charge >= 0.3 is 0 Å². The summed E-state index contributed by atoms with van der Waals surface area (Å²) >= 11 is 0. The Kier molecular flexibility index (Phi) is 4.62. The van der Waals surface area contributed by atoms with Crippen LogP contribution in [0.15, 0.2) is 12.7 Å². The van der Waals surface area contributed by atoms with Gasteiger partial charge in [0.05, 0.1) is 0 Å². The van der Waals surface area contributed by atoms with Crippen molar-refractivity contribution in [2.75, 3.05) is 39.3 Å². The number of amides is 1. The Morgan fingerprint density at radius 1 is 1.36 bits per heavy atom. The molecule has 0 aromatic carbocycles. The molecule has 2 N–H and O–H groups in total. The Hall–Kier alpha value is -0.870. The summed E-state index contributed by atoms with van der Waals surface area (Å²) in [6, 6.07) is 0. The Morgan fingerprint density at radius 2 is 2.00 bits per heavy atom. The van der Waals surface area contributed by atoms with Gasteiger partial charge in [0, 0.05) is 45.7 Å². The smallest absolute Gasteiger partial charge is 0.223 e. The number of hydrogen-bond donors (Lipinski definition) is 1. The maximum atomic E-state index is 11.5. The molecule has 0 saturated carbocycles. The van der Waals surface area contributed by atoms with Gasteiger partial charge in [-0.1, -0.05) is 6.08 Å².